The fraction of sp³-hybridized carbons (Fsp3) is 0. The molecule has 0 aliphatic carbocycles. The Morgan fingerprint density at radius 2 is 0.902 bits per heavy atom. The summed E-state index contributed by atoms with van der Waals surface area (Å²) in [5.74, 6) is 0.681. The minimum absolute atomic E-state index is 0.681. The Kier molecular flexibility index (Phi) is 8.17. The van der Waals surface area contributed by atoms with E-state index in [1.54, 1.807) is 0 Å². The van der Waals surface area contributed by atoms with Crippen LogP contribution in [0.2, 0.25) is 0 Å². The summed E-state index contributed by atoms with van der Waals surface area (Å²) in [5.41, 5.74) is 12.9. The average molecular weight is 776 g/mol. The topological polar surface area (TPSA) is 30.7 Å². The fourth-order valence-corrected chi connectivity index (χ4v) is 9.40. The van der Waals surface area contributed by atoms with Crippen LogP contribution in [-0.4, -0.2) is 14.5 Å². The molecule has 2 aromatic heterocycles. The van der Waals surface area contributed by atoms with Crippen LogP contribution in [-0.2, 0) is 0 Å². The van der Waals surface area contributed by atoms with Crippen LogP contribution in [0.1, 0.15) is 0 Å². The molecule has 0 saturated heterocycles. The Bertz CT molecular complexity index is 3620. The second-order valence-electron chi connectivity index (χ2n) is 15.7. The van der Waals surface area contributed by atoms with Crippen molar-refractivity contribution in [2.24, 2.45) is 0 Å². The van der Waals surface area contributed by atoms with Crippen molar-refractivity contribution >= 4 is 54.1 Å². The van der Waals surface area contributed by atoms with E-state index < -0.39 is 0 Å². The Balaban J connectivity index is 1.14. The van der Waals surface area contributed by atoms with Crippen LogP contribution in [0, 0.1) is 0 Å². The van der Waals surface area contributed by atoms with Crippen molar-refractivity contribution in [3.8, 4) is 61.8 Å². The molecule has 61 heavy (non-hydrogen) atoms. The minimum atomic E-state index is 0.681. The van der Waals surface area contributed by atoms with E-state index in [0.29, 0.717) is 5.82 Å². The number of rotatable bonds is 6. The third-order valence-corrected chi connectivity index (χ3v) is 12.2. The molecule has 2 heterocycles. The first kappa shape index (κ1) is 34.9. The van der Waals surface area contributed by atoms with Crippen molar-refractivity contribution in [3.63, 3.8) is 0 Å². The molecule has 0 spiro atoms. The number of aromatic nitrogens is 3. The van der Waals surface area contributed by atoms with E-state index in [4.69, 9.17) is 9.97 Å². The predicted octanol–water partition coefficient (Wildman–Crippen LogP) is 15.4. The fourth-order valence-electron chi connectivity index (χ4n) is 9.40. The highest BCUT2D eigenvalue weighted by molar-refractivity contribution is 6.20. The quantitative estimate of drug-likeness (QED) is 0.124. The van der Waals surface area contributed by atoms with Crippen molar-refractivity contribution < 1.29 is 0 Å². The molecule has 284 valence electrons. The molecule has 0 aliphatic rings. The molecule has 0 saturated carbocycles. The first-order chi connectivity index (χ1) is 30.3. The number of hydrogen-bond acceptors (Lipinski definition) is 2. The number of benzene rings is 10. The maximum Gasteiger partial charge on any atom is 0.160 e. The van der Waals surface area contributed by atoms with E-state index in [2.05, 4.69) is 229 Å². The first-order valence-corrected chi connectivity index (χ1v) is 20.8. The highest BCUT2D eigenvalue weighted by atomic mass is 15.0. The highest BCUT2D eigenvalue weighted by Gasteiger charge is 2.21. The number of hydrogen-bond donors (Lipinski definition) is 0. The molecule has 0 fully saturated rings. The van der Waals surface area contributed by atoms with Crippen molar-refractivity contribution in [3.05, 3.63) is 224 Å². The second kappa shape index (κ2) is 14.3. The minimum Gasteiger partial charge on any atom is -0.309 e. The molecule has 0 aliphatic heterocycles. The summed E-state index contributed by atoms with van der Waals surface area (Å²) in [6.45, 7) is 0. The molecule has 3 nitrogen and oxygen atoms in total. The van der Waals surface area contributed by atoms with Crippen LogP contribution in [0.4, 0.5) is 0 Å². The number of para-hydroxylation sites is 3. The van der Waals surface area contributed by atoms with E-state index in [1.165, 1.54) is 48.9 Å². The van der Waals surface area contributed by atoms with Gasteiger partial charge in [0, 0.05) is 38.7 Å². The summed E-state index contributed by atoms with van der Waals surface area (Å²) in [5, 5.41) is 9.59. The molecule has 0 unspecified atom stereocenters. The zero-order chi connectivity index (χ0) is 40.3. The molecule has 0 N–H and O–H groups in total. The van der Waals surface area contributed by atoms with Gasteiger partial charge in [-0.15, -0.1) is 0 Å². The monoisotopic (exact) mass is 775 g/mol. The molecule has 0 bridgehead atoms. The van der Waals surface area contributed by atoms with E-state index >= 15 is 0 Å². The Morgan fingerprint density at radius 3 is 1.72 bits per heavy atom. The van der Waals surface area contributed by atoms with Crippen molar-refractivity contribution in [2.45, 2.75) is 0 Å². The zero-order valence-corrected chi connectivity index (χ0v) is 33.2. The third-order valence-electron chi connectivity index (χ3n) is 12.2. The number of fused-ring (bicyclic) bond motifs is 7. The Morgan fingerprint density at radius 1 is 0.311 bits per heavy atom. The predicted molar refractivity (Wildman–Crippen MR) is 256 cm³/mol. The van der Waals surface area contributed by atoms with E-state index in [1.807, 2.05) is 0 Å². The lowest BCUT2D eigenvalue weighted by Crippen LogP contribution is -1.99. The van der Waals surface area contributed by atoms with Crippen molar-refractivity contribution in [1.29, 1.82) is 0 Å². The van der Waals surface area contributed by atoms with Gasteiger partial charge >= 0.3 is 0 Å². The van der Waals surface area contributed by atoms with Gasteiger partial charge in [0.05, 0.1) is 22.4 Å². The summed E-state index contributed by atoms with van der Waals surface area (Å²) in [6, 6.07) is 80.4. The van der Waals surface area contributed by atoms with Crippen LogP contribution in [0.5, 0.6) is 0 Å². The zero-order valence-electron chi connectivity index (χ0n) is 33.2. The van der Waals surface area contributed by atoms with Gasteiger partial charge in [0.15, 0.2) is 5.82 Å². The molecule has 0 atom stereocenters. The summed E-state index contributed by atoms with van der Waals surface area (Å²) < 4.78 is 2.41. The largest absolute Gasteiger partial charge is 0.309 e. The van der Waals surface area contributed by atoms with Gasteiger partial charge in [-0.25, -0.2) is 9.97 Å². The Labute approximate surface area is 353 Å². The normalized spacial score (nSPS) is 11.6. The summed E-state index contributed by atoms with van der Waals surface area (Å²) in [6.07, 6.45) is 0. The van der Waals surface area contributed by atoms with Gasteiger partial charge in [0.2, 0.25) is 0 Å². The molecule has 3 heteroatoms. The molecule has 0 amide bonds. The third kappa shape index (κ3) is 5.82. The molecule has 0 radical (unpaired) electrons. The summed E-state index contributed by atoms with van der Waals surface area (Å²) in [4.78, 5) is 11.0. The van der Waals surface area contributed by atoms with Gasteiger partial charge in [0.1, 0.15) is 0 Å². The van der Waals surface area contributed by atoms with E-state index in [-0.39, 0.29) is 0 Å². The first-order valence-electron chi connectivity index (χ1n) is 20.8. The van der Waals surface area contributed by atoms with Crippen LogP contribution < -0.4 is 0 Å². The van der Waals surface area contributed by atoms with Crippen molar-refractivity contribution in [2.75, 3.05) is 0 Å². The van der Waals surface area contributed by atoms with Crippen LogP contribution >= 0.6 is 0 Å². The van der Waals surface area contributed by atoms with E-state index in [0.717, 1.165) is 61.2 Å². The van der Waals surface area contributed by atoms with Gasteiger partial charge < -0.3 is 4.57 Å². The molecular formula is C58H37N3. The second-order valence-corrected chi connectivity index (χ2v) is 15.7. The maximum atomic E-state index is 5.50. The van der Waals surface area contributed by atoms with Gasteiger partial charge in [-0.2, -0.15) is 0 Å². The number of nitrogens with zero attached hydrogens (tertiary/aromatic N) is 3. The SMILES string of the molecule is c1ccc(-c2ccc(-c3nc(-c4ccccc4-c4cccc5c6ccccc6n(-c6ccccc6)c45)cc(-c4c5ccccc5cc5c4ccc4ccccc45)n3)cc2)cc1. The van der Waals surface area contributed by atoms with Gasteiger partial charge in [-0.05, 0) is 79.3 Å². The molecule has 10 aromatic carbocycles. The highest BCUT2D eigenvalue weighted by Crippen LogP contribution is 2.44. The molecular weight excluding hydrogens is 739 g/mol. The van der Waals surface area contributed by atoms with Crippen LogP contribution in [0.25, 0.3) is 116 Å². The molecule has 12 rings (SSSR count). The van der Waals surface area contributed by atoms with E-state index in [9.17, 15) is 0 Å². The standard InChI is InChI=1S/C58H37N3/c1-3-16-38(17-4-1)39-30-32-41(33-31-39)58-59-53(37-54(60-58)56-45-23-10-8-19-42(45)36-52-44-22-9-7-18-40(44)34-35-49(52)56)47-25-12-11-24-46(47)50-27-15-28-51-48-26-13-14-29-55(48)61(57(50)51)43-20-5-2-6-21-43/h1-37H. The van der Waals surface area contributed by atoms with Gasteiger partial charge in [-0.1, -0.05) is 194 Å². The Hall–Kier alpha value is -8.14. The van der Waals surface area contributed by atoms with Gasteiger partial charge in [0.25, 0.3) is 0 Å². The lowest BCUT2D eigenvalue weighted by molar-refractivity contribution is 1.18. The summed E-state index contributed by atoms with van der Waals surface area (Å²) >= 11 is 0. The smallest absolute Gasteiger partial charge is 0.160 e. The van der Waals surface area contributed by atoms with Crippen molar-refractivity contribution in [1.82, 2.24) is 14.5 Å². The maximum absolute atomic E-state index is 5.50. The van der Waals surface area contributed by atoms with Crippen LogP contribution in [0.3, 0.4) is 0 Å². The lowest BCUT2D eigenvalue weighted by Gasteiger charge is -2.17. The average Bonchev–Trinajstić information content (AvgIpc) is 3.68. The lowest BCUT2D eigenvalue weighted by atomic mass is 9.90. The van der Waals surface area contributed by atoms with Gasteiger partial charge in [-0.3, -0.25) is 0 Å². The van der Waals surface area contributed by atoms with Crippen LogP contribution in [0.15, 0.2) is 224 Å². The summed E-state index contributed by atoms with van der Waals surface area (Å²) in [7, 11) is 0. The molecule has 12 aromatic rings.